The molecule has 0 amide bonds. The highest BCUT2D eigenvalue weighted by atomic mass is 16.6. The lowest BCUT2D eigenvalue weighted by Gasteiger charge is -2.12. The first kappa shape index (κ1) is 16.1. The van der Waals surface area contributed by atoms with Gasteiger partial charge < -0.3 is 15.3 Å². The van der Waals surface area contributed by atoms with Crippen LogP contribution in [0.3, 0.4) is 0 Å². The Labute approximate surface area is 133 Å². The highest BCUT2D eigenvalue weighted by Crippen LogP contribution is 2.38. The van der Waals surface area contributed by atoms with Gasteiger partial charge in [0, 0.05) is 5.56 Å². The first-order valence-corrected chi connectivity index (χ1v) is 6.94. The predicted molar refractivity (Wildman–Crippen MR) is 89.6 cm³/mol. The number of phenols is 1. The smallest absolute Gasteiger partial charge is 0.503 e. The van der Waals surface area contributed by atoms with Crippen LogP contribution in [0.15, 0.2) is 78.9 Å². The van der Waals surface area contributed by atoms with Crippen molar-refractivity contribution in [1.29, 1.82) is 0 Å². The Kier molecular flexibility index (Phi) is 5.36. The van der Waals surface area contributed by atoms with Crippen molar-refractivity contribution in [3.8, 4) is 28.0 Å². The maximum atomic E-state index is 10.2. The van der Waals surface area contributed by atoms with Gasteiger partial charge in [0.1, 0.15) is 5.75 Å². The van der Waals surface area contributed by atoms with Gasteiger partial charge in [-0.1, -0.05) is 72.8 Å². The van der Waals surface area contributed by atoms with Crippen molar-refractivity contribution in [3.05, 3.63) is 78.9 Å². The van der Waals surface area contributed by atoms with Gasteiger partial charge in [0.15, 0.2) is 0 Å². The van der Waals surface area contributed by atoms with Crippen LogP contribution in [0.1, 0.15) is 0 Å². The largest absolute Gasteiger partial charge is 0.507 e. The second-order valence-corrected chi connectivity index (χ2v) is 4.71. The topological polar surface area (TPSA) is 77.8 Å². The first-order chi connectivity index (χ1) is 11.1. The third kappa shape index (κ3) is 4.35. The Morgan fingerprint density at radius 1 is 0.652 bits per heavy atom. The summed E-state index contributed by atoms with van der Waals surface area (Å²) in [6.07, 6.45) is -1.83. The molecule has 0 aliphatic rings. The van der Waals surface area contributed by atoms with E-state index in [1.54, 1.807) is 6.07 Å². The van der Waals surface area contributed by atoms with Crippen LogP contribution in [-0.2, 0) is 0 Å². The molecule has 0 bridgehead atoms. The molecule has 0 saturated heterocycles. The van der Waals surface area contributed by atoms with Gasteiger partial charge in [0.25, 0.3) is 0 Å². The van der Waals surface area contributed by atoms with Gasteiger partial charge in [0.2, 0.25) is 0 Å². The van der Waals surface area contributed by atoms with Crippen LogP contribution in [0.4, 0.5) is 4.79 Å². The Hall–Kier alpha value is -3.27. The summed E-state index contributed by atoms with van der Waals surface area (Å²) in [7, 11) is 0. The molecule has 0 fully saturated rings. The zero-order chi connectivity index (χ0) is 16.7. The third-order valence-electron chi connectivity index (χ3n) is 3.19. The molecule has 0 aliphatic carbocycles. The molecule has 0 saturated carbocycles. The van der Waals surface area contributed by atoms with E-state index in [4.69, 9.17) is 15.0 Å². The number of rotatable bonds is 2. The van der Waals surface area contributed by atoms with Crippen LogP contribution >= 0.6 is 0 Å². The number of hydrogen-bond acceptors (Lipinski definition) is 2. The van der Waals surface area contributed by atoms with Gasteiger partial charge in [-0.2, -0.15) is 0 Å². The van der Waals surface area contributed by atoms with E-state index in [2.05, 4.69) is 12.1 Å². The summed E-state index contributed by atoms with van der Waals surface area (Å²) in [4.78, 5) is 8.56. The Bertz CT molecular complexity index is 764. The summed E-state index contributed by atoms with van der Waals surface area (Å²) in [5.74, 6) is 0.313. The predicted octanol–water partition coefficient (Wildman–Crippen LogP) is 4.95. The average Bonchev–Trinajstić information content (AvgIpc) is 2.56. The molecule has 0 spiro atoms. The number of carbonyl (C=O) groups is 1. The molecule has 3 aromatic carbocycles. The van der Waals surface area contributed by atoms with E-state index in [-0.39, 0.29) is 0 Å². The van der Waals surface area contributed by atoms with E-state index < -0.39 is 6.16 Å². The Morgan fingerprint density at radius 2 is 1.13 bits per heavy atom. The van der Waals surface area contributed by atoms with Gasteiger partial charge in [-0.15, -0.1) is 0 Å². The summed E-state index contributed by atoms with van der Waals surface area (Å²) in [6.45, 7) is 0. The molecule has 0 aromatic heterocycles. The molecule has 4 nitrogen and oxygen atoms in total. The van der Waals surface area contributed by atoms with Crippen molar-refractivity contribution < 1.29 is 20.1 Å². The van der Waals surface area contributed by atoms with E-state index in [9.17, 15) is 5.11 Å². The molecule has 0 unspecified atom stereocenters. The van der Waals surface area contributed by atoms with Crippen LogP contribution in [0.25, 0.3) is 22.3 Å². The molecule has 0 radical (unpaired) electrons. The van der Waals surface area contributed by atoms with Crippen LogP contribution in [-0.4, -0.2) is 21.5 Å². The molecular formula is C19H16O4. The van der Waals surface area contributed by atoms with Crippen molar-refractivity contribution in [1.82, 2.24) is 0 Å². The molecular weight excluding hydrogens is 292 g/mol. The van der Waals surface area contributed by atoms with E-state index in [1.807, 2.05) is 60.7 Å². The van der Waals surface area contributed by atoms with E-state index in [1.165, 1.54) is 0 Å². The molecule has 116 valence electrons. The lowest BCUT2D eigenvalue weighted by molar-refractivity contribution is 0.137. The second kappa shape index (κ2) is 7.66. The molecule has 0 atom stereocenters. The molecule has 3 rings (SSSR count). The fourth-order valence-corrected chi connectivity index (χ4v) is 2.31. The lowest BCUT2D eigenvalue weighted by Crippen LogP contribution is -1.85. The van der Waals surface area contributed by atoms with Crippen molar-refractivity contribution in [3.63, 3.8) is 0 Å². The van der Waals surface area contributed by atoms with Gasteiger partial charge >= 0.3 is 6.16 Å². The van der Waals surface area contributed by atoms with Crippen molar-refractivity contribution in [2.75, 3.05) is 0 Å². The van der Waals surface area contributed by atoms with Gasteiger partial charge in [-0.25, -0.2) is 4.79 Å². The number of carboxylic acid groups (broad SMARTS) is 2. The Morgan fingerprint density at radius 3 is 1.65 bits per heavy atom. The van der Waals surface area contributed by atoms with Crippen LogP contribution < -0.4 is 0 Å². The number of aromatic hydroxyl groups is 1. The quantitative estimate of drug-likeness (QED) is 0.626. The van der Waals surface area contributed by atoms with Crippen LogP contribution in [0.2, 0.25) is 0 Å². The fraction of sp³-hybridized carbons (Fsp3) is 0. The van der Waals surface area contributed by atoms with Crippen molar-refractivity contribution in [2.24, 2.45) is 0 Å². The lowest BCUT2D eigenvalue weighted by atomic mass is 9.94. The van der Waals surface area contributed by atoms with E-state index in [0.717, 1.165) is 22.3 Å². The molecule has 3 N–H and O–H groups in total. The highest BCUT2D eigenvalue weighted by molar-refractivity contribution is 5.87. The second-order valence-electron chi connectivity index (χ2n) is 4.71. The van der Waals surface area contributed by atoms with Crippen LogP contribution in [0, 0.1) is 0 Å². The van der Waals surface area contributed by atoms with Crippen molar-refractivity contribution in [2.45, 2.75) is 0 Å². The van der Waals surface area contributed by atoms with Gasteiger partial charge in [-0.3, -0.25) is 0 Å². The minimum Gasteiger partial charge on any atom is -0.507 e. The molecule has 3 aromatic rings. The molecule has 23 heavy (non-hydrogen) atoms. The summed E-state index contributed by atoms with van der Waals surface area (Å²) < 4.78 is 0. The van der Waals surface area contributed by atoms with Crippen molar-refractivity contribution >= 4 is 6.16 Å². The Balaban J connectivity index is 0.000000433. The summed E-state index contributed by atoms with van der Waals surface area (Å²) in [5.41, 5.74) is 4.07. The van der Waals surface area contributed by atoms with Crippen LogP contribution in [0.5, 0.6) is 5.75 Å². The monoisotopic (exact) mass is 308 g/mol. The highest BCUT2D eigenvalue weighted by Gasteiger charge is 2.10. The minimum absolute atomic E-state index is 0.313. The van der Waals surface area contributed by atoms with Gasteiger partial charge in [0.05, 0.1) is 0 Å². The number of hydrogen-bond donors (Lipinski definition) is 3. The van der Waals surface area contributed by atoms with E-state index >= 15 is 0 Å². The van der Waals surface area contributed by atoms with E-state index in [0.29, 0.717) is 5.75 Å². The maximum Gasteiger partial charge on any atom is 0.503 e. The minimum atomic E-state index is -1.83. The fourth-order valence-electron chi connectivity index (χ4n) is 2.31. The summed E-state index contributed by atoms with van der Waals surface area (Å²) in [6, 6.07) is 25.7. The number of phenolic OH excluding ortho intramolecular Hbond substituents is 1. The molecule has 4 heteroatoms. The summed E-state index contributed by atoms with van der Waals surface area (Å²) in [5, 5.41) is 24.2. The molecule has 0 heterocycles. The normalized spacial score (nSPS) is 9.57. The first-order valence-electron chi connectivity index (χ1n) is 6.94. The number of benzene rings is 3. The average molecular weight is 308 g/mol. The third-order valence-corrected chi connectivity index (χ3v) is 3.19. The summed E-state index contributed by atoms with van der Waals surface area (Å²) >= 11 is 0. The zero-order valence-electron chi connectivity index (χ0n) is 12.3. The standard InChI is InChI=1S/C18H14O.CH2O3/c19-17-13-7-12-16(14-8-3-1-4-9-14)18(17)15-10-5-2-6-11-15;2-1(3)4/h1-13,19H;(H2,2,3,4). The zero-order valence-corrected chi connectivity index (χ0v) is 12.3. The maximum absolute atomic E-state index is 10.2. The molecule has 0 aliphatic heterocycles. The van der Waals surface area contributed by atoms with Gasteiger partial charge in [-0.05, 0) is 22.8 Å². The SMILES string of the molecule is O=C(O)O.Oc1cccc(-c2ccccc2)c1-c1ccccc1.